The van der Waals surface area contributed by atoms with Gasteiger partial charge in [-0.2, -0.15) is 13.4 Å². The van der Waals surface area contributed by atoms with E-state index in [-0.39, 0.29) is 27.6 Å². The number of nitrogens with one attached hydrogen (secondary N) is 1. The summed E-state index contributed by atoms with van der Waals surface area (Å²) < 4.78 is 32.5. The van der Waals surface area contributed by atoms with E-state index < -0.39 is 16.1 Å². The molecule has 12 heteroatoms. The predicted octanol–water partition coefficient (Wildman–Crippen LogP) is 1.49. The van der Waals surface area contributed by atoms with Gasteiger partial charge < -0.3 is 10.4 Å². The van der Waals surface area contributed by atoms with Crippen LogP contribution in [-0.2, 0) is 10.1 Å². The summed E-state index contributed by atoms with van der Waals surface area (Å²) in [5.74, 6) is -0.977. The minimum Gasteiger partial charge on any atom is -0.478 e. The standard InChI is InChI=1S/C15H10ClN5O5S/c16-13-18-14(17-10-3-5-11(6-4-10)27(24,25)26)20-15(19-13)21-7-1-2-9(8-21)12(22)23/h1-8H,(H2-,17,18,19,20,22,23,24,25,26)/p+1. The van der Waals surface area contributed by atoms with Gasteiger partial charge in [0.05, 0.1) is 22.9 Å². The fraction of sp³-hybridized carbons (Fsp3) is 0. The number of rotatable bonds is 5. The molecule has 0 amide bonds. The van der Waals surface area contributed by atoms with E-state index >= 15 is 0 Å². The Morgan fingerprint density at radius 2 is 1.81 bits per heavy atom. The van der Waals surface area contributed by atoms with Crippen LogP contribution in [0.2, 0.25) is 5.28 Å². The number of carboxylic acids is 1. The molecule has 0 fully saturated rings. The van der Waals surface area contributed by atoms with Crippen LogP contribution in [0.1, 0.15) is 10.4 Å². The van der Waals surface area contributed by atoms with Crippen molar-refractivity contribution < 1.29 is 27.4 Å². The lowest BCUT2D eigenvalue weighted by Crippen LogP contribution is -2.34. The molecule has 0 spiro atoms. The first-order valence-electron chi connectivity index (χ1n) is 7.23. The van der Waals surface area contributed by atoms with Gasteiger partial charge >= 0.3 is 23.1 Å². The summed E-state index contributed by atoms with van der Waals surface area (Å²) in [5, 5.41) is 11.8. The summed E-state index contributed by atoms with van der Waals surface area (Å²) in [6, 6.07) is 8.14. The van der Waals surface area contributed by atoms with Crippen molar-refractivity contribution >= 4 is 39.3 Å². The van der Waals surface area contributed by atoms with Crippen LogP contribution >= 0.6 is 11.6 Å². The van der Waals surface area contributed by atoms with Gasteiger partial charge in [0.15, 0.2) is 0 Å². The molecule has 0 aliphatic heterocycles. The number of halogens is 1. The van der Waals surface area contributed by atoms with E-state index in [2.05, 4.69) is 20.3 Å². The highest BCUT2D eigenvalue weighted by molar-refractivity contribution is 7.85. The van der Waals surface area contributed by atoms with Crippen molar-refractivity contribution in [3.63, 3.8) is 0 Å². The molecule has 0 aliphatic carbocycles. The average molecular weight is 409 g/mol. The number of aromatic carboxylic acids is 1. The van der Waals surface area contributed by atoms with Crippen molar-refractivity contribution in [3.05, 3.63) is 59.6 Å². The molecule has 0 atom stereocenters. The minimum atomic E-state index is -4.29. The van der Waals surface area contributed by atoms with Crippen molar-refractivity contribution in [3.8, 4) is 5.95 Å². The van der Waals surface area contributed by atoms with E-state index in [0.717, 1.165) is 0 Å². The van der Waals surface area contributed by atoms with Gasteiger partial charge in [-0.05, 0) is 58.0 Å². The number of nitrogens with zero attached hydrogens (tertiary/aromatic N) is 4. The molecule has 1 aromatic carbocycles. The Kier molecular flexibility index (Phi) is 4.99. The molecule has 0 unspecified atom stereocenters. The molecule has 10 nitrogen and oxygen atoms in total. The van der Waals surface area contributed by atoms with Crippen LogP contribution in [0.15, 0.2) is 53.7 Å². The maximum atomic E-state index is 11.1. The van der Waals surface area contributed by atoms with Crippen molar-refractivity contribution in [2.24, 2.45) is 0 Å². The second kappa shape index (κ2) is 7.23. The predicted molar refractivity (Wildman–Crippen MR) is 92.9 cm³/mol. The maximum Gasteiger partial charge on any atom is 0.444 e. The van der Waals surface area contributed by atoms with Crippen molar-refractivity contribution in [2.75, 3.05) is 5.32 Å². The van der Waals surface area contributed by atoms with Gasteiger partial charge in [0.2, 0.25) is 0 Å². The first-order chi connectivity index (χ1) is 12.7. The molecule has 27 heavy (non-hydrogen) atoms. The van der Waals surface area contributed by atoms with Gasteiger partial charge in [-0.1, -0.05) is 0 Å². The lowest BCUT2D eigenvalue weighted by atomic mass is 10.3. The normalized spacial score (nSPS) is 11.2. The number of benzene rings is 1. The Morgan fingerprint density at radius 1 is 1.11 bits per heavy atom. The molecular weight excluding hydrogens is 398 g/mol. The highest BCUT2D eigenvalue weighted by Crippen LogP contribution is 2.17. The molecule has 0 saturated heterocycles. The Hall–Kier alpha value is -3.15. The second-order valence-corrected chi connectivity index (χ2v) is 6.92. The average Bonchev–Trinajstić information content (AvgIpc) is 2.61. The van der Waals surface area contributed by atoms with E-state index in [0.29, 0.717) is 5.69 Å². The molecule has 2 aromatic heterocycles. The molecule has 2 heterocycles. The zero-order valence-electron chi connectivity index (χ0n) is 13.3. The number of hydrogen-bond acceptors (Lipinski definition) is 7. The third-order valence-electron chi connectivity index (χ3n) is 3.28. The molecule has 0 saturated carbocycles. The van der Waals surface area contributed by atoms with Crippen molar-refractivity contribution in [2.45, 2.75) is 4.90 Å². The SMILES string of the molecule is O=C(O)c1ccc[n+](-c2nc(Cl)nc(Nc3ccc(S(=O)(=O)O)cc3)n2)c1. The maximum absolute atomic E-state index is 11.1. The lowest BCUT2D eigenvalue weighted by Gasteiger charge is -2.04. The van der Waals surface area contributed by atoms with Gasteiger partial charge in [-0.15, -0.1) is 0 Å². The summed E-state index contributed by atoms with van der Waals surface area (Å²) in [7, 11) is -4.29. The number of aromatic nitrogens is 4. The van der Waals surface area contributed by atoms with E-state index in [1.54, 1.807) is 6.20 Å². The van der Waals surface area contributed by atoms with Gasteiger partial charge in [0.25, 0.3) is 10.1 Å². The summed E-state index contributed by atoms with van der Waals surface area (Å²) in [5.41, 5.74) is 0.462. The highest BCUT2D eigenvalue weighted by atomic mass is 35.5. The number of hydrogen-bond donors (Lipinski definition) is 3. The molecular formula is C15H11ClN5O5S+. The molecule has 0 radical (unpaired) electrons. The van der Waals surface area contributed by atoms with Gasteiger partial charge in [-0.25, -0.2) is 9.36 Å². The van der Waals surface area contributed by atoms with Crippen LogP contribution in [-0.4, -0.2) is 39.0 Å². The molecule has 0 aliphatic rings. The highest BCUT2D eigenvalue weighted by Gasteiger charge is 2.18. The molecule has 0 bridgehead atoms. The van der Waals surface area contributed by atoms with Crippen molar-refractivity contribution in [1.82, 2.24) is 15.0 Å². The largest absolute Gasteiger partial charge is 0.478 e. The topological polar surface area (TPSA) is 146 Å². The molecule has 3 N–H and O–H groups in total. The smallest absolute Gasteiger partial charge is 0.444 e. The number of carbonyl (C=O) groups is 1. The van der Waals surface area contributed by atoms with Crippen molar-refractivity contribution in [1.29, 1.82) is 0 Å². The minimum absolute atomic E-state index is 0.0318. The zero-order chi connectivity index (χ0) is 19.6. The van der Waals surface area contributed by atoms with Gasteiger partial charge in [0, 0.05) is 5.69 Å². The van der Waals surface area contributed by atoms with Crippen LogP contribution < -0.4 is 9.88 Å². The number of anilines is 2. The zero-order valence-corrected chi connectivity index (χ0v) is 14.9. The van der Waals surface area contributed by atoms with Crippen LogP contribution in [0.4, 0.5) is 11.6 Å². The van der Waals surface area contributed by atoms with E-state index in [9.17, 15) is 13.2 Å². The van der Waals surface area contributed by atoms with Crippen LogP contribution in [0, 0.1) is 0 Å². The van der Waals surface area contributed by atoms with E-state index in [4.69, 9.17) is 21.3 Å². The first-order valence-corrected chi connectivity index (χ1v) is 9.05. The Balaban J connectivity index is 1.92. The van der Waals surface area contributed by atoms with Crippen LogP contribution in [0.3, 0.4) is 0 Å². The Bertz CT molecular complexity index is 1120. The summed E-state index contributed by atoms with van der Waals surface area (Å²) in [6.45, 7) is 0. The van der Waals surface area contributed by atoms with Crippen LogP contribution in [0.5, 0.6) is 0 Å². The Labute approximate surface area is 157 Å². The monoisotopic (exact) mass is 408 g/mol. The molecule has 3 aromatic rings. The van der Waals surface area contributed by atoms with E-state index in [1.165, 1.54) is 47.2 Å². The van der Waals surface area contributed by atoms with E-state index in [1.807, 2.05) is 0 Å². The number of carboxylic acid groups (broad SMARTS) is 1. The fourth-order valence-electron chi connectivity index (χ4n) is 2.08. The molecule has 3 rings (SSSR count). The first kappa shape index (κ1) is 18.6. The summed E-state index contributed by atoms with van der Waals surface area (Å²) in [6.07, 6.45) is 2.86. The van der Waals surface area contributed by atoms with Gasteiger partial charge in [0.1, 0.15) is 0 Å². The third-order valence-corrected chi connectivity index (χ3v) is 4.32. The fourth-order valence-corrected chi connectivity index (χ4v) is 2.71. The molecule has 138 valence electrons. The summed E-state index contributed by atoms with van der Waals surface area (Å²) >= 11 is 5.91. The lowest BCUT2D eigenvalue weighted by molar-refractivity contribution is -0.603. The Morgan fingerprint density at radius 3 is 2.44 bits per heavy atom. The quantitative estimate of drug-likeness (QED) is 0.422. The van der Waals surface area contributed by atoms with Crippen LogP contribution in [0.25, 0.3) is 5.95 Å². The summed E-state index contributed by atoms with van der Waals surface area (Å²) in [4.78, 5) is 22.9. The number of pyridine rings is 1. The second-order valence-electron chi connectivity index (χ2n) is 5.16. The third kappa shape index (κ3) is 4.53. The van der Waals surface area contributed by atoms with Gasteiger partial charge in [-0.3, -0.25) is 4.55 Å².